The van der Waals surface area contributed by atoms with E-state index in [4.69, 9.17) is 0 Å². The lowest BCUT2D eigenvalue weighted by molar-refractivity contribution is 0.101. The number of anilines is 1. The molecule has 3 aromatic rings. The number of aromatic nitrogens is 2. The van der Waals surface area contributed by atoms with Crippen LogP contribution in [0.3, 0.4) is 0 Å². The Morgan fingerprint density at radius 3 is 2.54 bits per heavy atom. The van der Waals surface area contributed by atoms with Gasteiger partial charge in [-0.25, -0.2) is 9.37 Å². The maximum atomic E-state index is 13.0. The summed E-state index contributed by atoms with van der Waals surface area (Å²) in [7, 11) is 1.86. The van der Waals surface area contributed by atoms with Crippen LogP contribution in [0.5, 0.6) is 0 Å². The second-order valence-corrected chi connectivity index (χ2v) is 6.79. The van der Waals surface area contributed by atoms with Gasteiger partial charge in [-0.1, -0.05) is 12.1 Å². The highest BCUT2D eigenvalue weighted by Gasteiger charge is 2.15. The number of carbonyl (C=O) groups excluding carboxylic acids is 1. The Hall–Kier alpha value is -2.47. The summed E-state index contributed by atoms with van der Waals surface area (Å²) in [5.41, 5.74) is 3.51. The number of carbonyl (C=O) groups is 1. The van der Waals surface area contributed by atoms with Crippen molar-refractivity contribution in [2.75, 3.05) is 5.32 Å². The number of benzene rings is 1. The van der Waals surface area contributed by atoms with Crippen LogP contribution in [0.2, 0.25) is 0 Å². The van der Waals surface area contributed by atoms with E-state index in [1.165, 1.54) is 23.5 Å². The molecule has 0 fully saturated rings. The van der Waals surface area contributed by atoms with Gasteiger partial charge in [0.05, 0.1) is 5.69 Å². The third-order valence-electron chi connectivity index (χ3n) is 4.00. The van der Waals surface area contributed by atoms with Gasteiger partial charge in [0.25, 0.3) is 5.91 Å². The molecule has 0 saturated heterocycles. The number of nitrogens with one attached hydrogen (secondary N) is 1. The van der Waals surface area contributed by atoms with Crippen molar-refractivity contribution in [3.05, 3.63) is 69.7 Å². The van der Waals surface area contributed by atoms with E-state index in [1.54, 1.807) is 18.2 Å². The molecule has 0 unspecified atom stereocenters. The number of hydrogen-bond acceptors (Lipinski definition) is 3. The van der Waals surface area contributed by atoms with Gasteiger partial charge in [-0.05, 0) is 43.7 Å². The lowest BCUT2D eigenvalue weighted by Gasteiger charge is -2.04. The monoisotopic (exact) mass is 343 g/mol. The molecule has 3 rings (SSSR count). The molecule has 1 aromatic carbocycles. The molecular weight excluding hydrogens is 325 g/mol. The van der Waals surface area contributed by atoms with Crippen molar-refractivity contribution in [1.29, 1.82) is 0 Å². The first-order valence-corrected chi connectivity index (χ1v) is 8.40. The van der Waals surface area contributed by atoms with E-state index in [2.05, 4.69) is 10.3 Å². The molecule has 0 aliphatic carbocycles. The molecule has 0 aliphatic rings. The maximum absolute atomic E-state index is 13.0. The van der Waals surface area contributed by atoms with Crippen LogP contribution in [0, 0.1) is 19.7 Å². The van der Waals surface area contributed by atoms with Gasteiger partial charge in [0.15, 0.2) is 5.13 Å². The van der Waals surface area contributed by atoms with Crippen LogP contribution in [-0.4, -0.2) is 15.5 Å². The van der Waals surface area contributed by atoms with Gasteiger partial charge >= 0.3 is 0 Å². The van der Waals surface area contributed by atoms with Crippen molar-refractivity contribution in [2.24, 2.45) is 7.05 Å². The fraction of sp³-hybridized carbons (Fsp3) is 0.222. The minimum atomic E-state index is -0.245. The summed E-state index contributed by atoms with van der Waals surface area (Å²) >= 11 is 1.45. The van der Waals surface area contributed by atoms with Crippen molar-refractivity contribution in [1.82, 2.24) is 9.55 Å². The maximum Gasteiger partial charge on any atom is 0.274 e. The standard InChI is InChI=1S/C18H18FN3OS/c1-11-4-9-15(22(11)3)17(23)21-18-20-12(2)16(24-18)10-13-5-7-14(19)8-6-13/h4-9H,10H2,1-3H3,(H,20,21,23). The van der Waals surface area contributed by atoms with E-state index < -0.39 is 0 Å². The van der Waals surface area contributed by atoms with Crippen molar-refractivity contribution in [2.45, 2.75) is 20.3 Å². The van der Waals surface area contributed by atoms with E-state index in [-0.39, 0.29) is 11.7 Å². The van der Waals surface area contributed by atoms with Crippen LogP contribution in [0.1, 0.15) is 32.3 Å². The van der Waals surface area contributed by atoms with Gasteiger partial charge in [0, 0.05) is 24.0 Å². The molecule has 0 bridgehead atoms. The van der Waals surface area contributed by atoms with Gasteiger partial charge in [-0.15, -0.1) is 11.3 Å². The van der Waals surface area contributed by atoms with Gasteiger partial charge < -0.3 is 4.57 Å². The predicted octanol–water partition coefficient (Wildman–Crippen LogP) is 4.08. The number of halogens is 1. The molecule has 6 heteroatoms. The Bertz CT molecular complexity index is 880. The van der Waals surface area contributed by atoms with Crippen molar-refractivity contribution < 1.29 is 9.18 Å². The molecule has 0 aliphatic heterocycles. The van der Waals surface area contributed by atoms with Gasteiger partial charge in [0.1, 0.15) is 11.5 Å². The second kappa shape index (κ2) is 6.57. The highest BCUT2D eigenvalue weighted by Crippen LogP contribution is 2.26. The van der Waals surface area contributed by atoms with Gasteiger partial charge in [-0.3, -0.25) is 10.1 Å². The first kappa shape index (κ1) is 16.4. The Labute approximate surface area is 144 Å². The van der Waals surface area contributed by atoms with Crippen molar-refractivity contribution >= 4 is 22.4 Å². The topological polar surface area (TPSA) is 46.9 Å². The van der Waals surface area contributed by atoms with Crippen LogP contribution >= 0.6 is 11.3 Å². The van der Waals surface area contributed by atoms with Crippen LogP contribution in [-0.2, 0) is 13.5 Å². The molecule has 0 saturated carbocycles. The summed E-state index contributed by atoms with van der Waals surface area (Å²) in [4.78, 5) is 17.8. The smallest absolute Gasteiger partial charge is 0.274 e. The Balaban J connectivity index is 1.75. The minimum Gasteiger partial charge on any atom is -0.344 e. The molecule has 4 nitrogen and oxygen atoms in total. The first-order chi connectivity index (χ1) is 11.4. The highest BCUT2D eigenvalue weighted by molar-refractivity contribution is 7.15. The van der Waals surface area contributed by atoms with E-state index in [9.17, 15) is 9.18 Å². The summed E-state index contributed by atoms with van der Waals surface area (Å²) in [6.45, 7) is 3.86. The minimum absolute atomic E-state index is 0.173. The fourth-order valence-corrected chi connectivity index (χ4v) is 3.43. The van der Waals surface area contributed by atoms with Gasteiger partial charge in [-0.2, -0.15) is 0 Å². The Morgan fingerprint density at radius 1 is 1.21 bits per heavy atom. The molecule has 124 valence electrons. The quantitative estimate of drug-likeness (QED) is 0.776. The summed E-state index contributed by atoms with van der Waals surface area (Å²) in [6, 6.07) is 10.1. The molecule has 2 aromatic heterocycles. The zero-order valence-corrected chi connectivity index (χ0v) is 14.6. The van der Waals surface area contributed by atoms with Gasteiger partial charge in [0.2, 0.25) is 0 Å². The fourth-order valence-electron chi connectivity index (χ4n) is 2.44. The number of rotatable bonds is 4. The van der Waals surface area contributed by atoms with Crippen molar-refractivity contribution in [3.8, 4) is 0 Å². The van der Waals surface area contributed by atoms with E-state index >= 15 is 0 Å². The molecule has 2 heterocycles. The second-order valence-electron chi connectivity index (χ2n) is 5.70. The molecule has 0 atom stereocenters. The lowest BCUT2D eigenvalue weighted by Crippen LogP contribution is -2.15. The molecule has 1 N–H and O–H groups in total. The number of nitrogens with zero attached hydrogens (tertiary/aromatic N) is 2. The van der Waals surface area contributed by atoms with Crippen LogP contribution in [0.25, 0.3) is 0 Å². The van der Waals surface area contributed by atoms with E-state index in [0.29, 0.717) is 17.2 Å². The highest BCUT2D eigenvalue weighted by atomic mass is 32.1. The summed E-state index contributed by atoms with van der Waals surface area (Å²) < 4.78 is 14.8. The average Bonchev–Trinajstić information content (AvgIpc) is 3.05. The number of thiazole rings is 1. The number of amides is 1. The largest absolute Gasteiger partial charge is 0.344 e. The number of aryl methyl sites for hydroxylation is 2. The molecule has 0 radical (unpaired) electrons. The zero-order valence-electron chi connectivity index (χ0n) is 13.8. The number of hydrogen-bond donors (Lipinski definition) is 1. The molecule has 24 heavy (non-hydrogen) atoms. The molecule has 1 amide bonds. The molecule has 0 spiro atoms. The van der Waals surface area contributed by atoms with Crippen LogP contribution in [0.4, 0.5) is 9.52 Å². The third kappa shape index (κ3) is 3.38. The third-order valence-corrected chi connectivity index (χ3v) is 5.07. The summed E-state index contributed by atoms with van der Waals surface area (Å²) in [6.07, 6.45) is 0.670. The Morgan fingerprint density at radius 2 is 1.92 bits per heavy atom. The average molecular weight is 343 g/mol. The summed E-state index contributed by atoms with van der Waals surface area (Å²) in [5, 5.41) is 3.43. The summed E-state index contributed by atoms with van der Waals surface area (Å²) in [5.74, 6) is -0.418. The van der Waals surface area contributed by atoms with Crippen LogP contribution < -0.4 is 5.32 Å². The van der Waals surface area contributed by atoms with Crippen LogP contribution in [0.15, 0.2) is 36.4 Å². The SMILES string of the molecule is Cc1nc(NC(=O)c2ccc(C)n2C)sc1Cc1ccc(F)cc1. The van der Waals surface area contributed by atoms with E-state index in [0.717, 1.165) is 21.8 Å². The predicted molar refractivity (Wildman–Crippen MR) is 94.2 cm³/mol. The van der Waals surface area contributed by atoms with E-state index in [1.807, 2.05) is 31.5 Å². The normalized spacial score (nSPS) is 10.8. The molecular formula is C18H18FN3OS. The lowest BCUT2D eigenvalue weighted by atomic mass is 10.1. The Kier molecular flexibility index (Phi) is 4.49. The first-order valence-electron chi connectivity index (χ1n) is 7.58. The zero-order chi connectivity index (χ0) is 17.3. The van der Waals surface area contributed by atoms with Crippen molar-refractivity contribution in [3.63, 3.8) is 0 Å².